The van der Waals surface area contributed by atoms with Crippen LogP contribution in [0.1, 0.15) is 37.8 Å². The quantitative estimate of drug-likeness (QED) is 0.923. The average molecular weight is 297 g/mol. The topological polar surface area (TPSA) is 29.3 Å². The SMILES string of the molecule is CCC(c1ccc(Br)cc1)N1CCCC1CN. The fourth-order valence-corrected chi connectivity index (χ4v) is 3.13. The Morgan fingerprint density at radius 3 is 2.71 bits per heavy atom. The van der Waals surface area contributed by atoms with E-state index in [0.29, 0.717) is 12.1 Å². The fourth-order valence-electron chi connectivity index (χ4n) is 2.87. The first-order valence-corrected chi connectivity index (χ1v) is 7.26. The number of benzene rings is 1. The maximum Gasteiger partial charge on any atom is 0.0348 e. The Balaban J connectivity index is 2.18. The lowest BCUT2D eigenvalue weighted by molar-refractivity contribution is 0.179. The van der Waals surface area contributed by atoms with Crippen LogP contribution in [-0.2, 0) is 0 Å². The van der Waals surface area contributed by atoms with Gasteiger partial charge in [-0.05, 0) is 43.5 Å². The monoisotopic (exact) mass is 296 g/mol. The Bertz CT molecular complexity index is 350. The minimum atomic E-state index is 0.527. The van der Waals surface area contributed by atoms with Crippen molar-refractivity contribution in [2.24, 2.45) is 5.73 Å². The van der Waals surface area contributed by atoms with Gasteiger partial charge in [-0.15, -0.1) is 0 Å². The van der Waals surface area contributed by atoms with E-state index in [0.717, 1.165) is 17.4 Å². The Kier molecular flexibility index (Phi) is 4.60. The third-order valence-corrected chi connectivity index (χ3v) is 4.27. The van der Waals surface area contributed by atoms with Gasteiger partial charge in [0, 0.05) is 23.1 Å². The van der Waals surface area contributed by atoms with Gasteiger partial charge < -0.3 is 5.73 Å². The molecule has 0 amide bonds. The third-order valence-electron chi connectivity index (χ3n) is 3.74. The van der Waals surface area contributed by atoms with Crippen molar-refractivity contribution < 1.29 is 0 Å². The van der Waals surface area contributed by atoms with Crippen LogP contribution in [0.15, 0.2) is 28.7 Å². The molecule has 2 unspecified atom stereocenters. The summed E-state index contributed by atoms with van der Waals surface area (Å²) in [5.74, 6) is 0. The third kappa shape index (κ3) is 2.90. The first kappa shape index (κ1) is 13.1. The molecule has 2 atom stereocenters. The number of hydrogen-bond donors (Lipinski definition) is 1. The van der Waals surface area contributed by atoms with Crippen molar-refractivity contribution in [3.63, 3.8) is 0 Å². The van der Waals surface area contributed by atoms with Gasteiger partial charge in [-0.25, -0.2) is 0 Å². The summed E-state index contributed by atoms with van der Waals surface area (Å²) in [5.41, 5.74) is 7.28. The fraction of sp³-hybridized carbons (Fsp3) is 0.571. The summed E-state index contributed by atoms with van der Waals surface area (Å²) in [6.45, 7) is 4.24. The Morgan fingerprint density at radius 1 is 1.41 bits per heavy atom. The lowest BCUT2D eigenvalue weighted by atomic mass is 10.0. The smallest absolute Gasteiger partial charge is 0.0348 e. The summed E-state index contributed by atoms with van der Waals surface area (Å²) in [6.07, 6.45) is 3.69. The molecule has 17 heavy (non-hydrogen) atoms. The molecular weight excluding hydrogens is 276 g/mol. The van der Waals surface area contributed by atoms with Crippen LogP contribution in [-0.4, -0.2) is 24.0 Å². The van der Waals surface area contributed by atoms with E-state index >= 15 is 0 Å². The van der Waals surface area contributed by atoms with Crippen molar-refractivity contribution in [2.75, 3.05) is 13.1 Å². The molecular formula is C14H21BrN2. The van der Waals surface area contributed by atoms with Gasteiger partial charge in [-0.3, -0.25) is 4.90 Å². The van der Waals surface area contributed by atoms with Gasteiger partial charge >= 0.3 is 0 Å². The van der Waals surface area contributed by atoms with E-state index in [1.54, 1.807) is 0 Å². The van der Waals surface area contributed by atoms with Crippen molar-refractivity contribution in [1.82, 2.24) is 4.90 Å². The molecule has 2 rings (SSSR count). The second kappa shape index (κ2) is 5.98. The van der Waals surface area contributed by atoms with Crippen molar-refractivity contribution in [3.05, 3.63) is 34.3 Å². The number of likely N-dealkylation sites (tertiary alicyclic amines) is 1. The van der Waals surface area contributed by atoms with Crippen LogP contribution in [0.2, 0.25) is 0 Å². The molecule has 2 nitrogen and oxygen atoms in total. The van der Waals surface area contributed by atoms with Crippen LogP contribution in [0.3, 0.4) is 0 Å². The van der Waals surface area contributed by atoms with Gasteiger partial charge in [0.05, 0.1) is 0 Å². The predicted molar refractivity (Wildman–Crippen MR) is 76.0 cm³/mol. The highest BCUT2D eigenvalue weighted by Gasteiger charge is 2.29. The molecule has 1 aromatic carbocycles. The first-order valence-electron chi connectivity index (χ1n) is 6.47. The molecule has 1 aliphatic rings. The summed E-state index contributed by atoms with van der Waals surface area (Å²) in [7, 11) is 0. The summed E-state index contributed by atoms with van der Waals surface area (Å²) < 4.78 is 1.15. The zero-order valence-corrected chi connectivity index (χ0v) is 12.0. The van der Waals surface area contributed by atoms with Crippen molar-refractivity contribution in [2.45, 2.75) is 38.3 Å². The Labute approximate surface area is 112 Å². The zero-order valence-electron chi connectivity index (χ0n) is 10.4. The van der Waals surface area contributed by atoms with Gasteiger partial charge in [-0.2, -0.15) is 0 Å². The van der Waals surface area contributed by atoms with E-state index in [1.807, 2.05) is 0 Å². The number of nitrogens with zero attached hydrogens (tertiary/aromatic N) is 1. The number of rotatable bonds is 4. The maximum absolute atomic E-state index is 5.87. The minimum absolute atomic E-state index is 0.527. The van der Waals surface area contributed by atoms with Crippen molar-refractivity contribution >= 4 is 15.9 Å². The average Bonchev–Trinajstić information content (AvgIpc) is 2.81. The highest BCUT2D eigenvalue weighted by Crippen LogP contribution is 2.31. The van der Waals surface area contributed by atoms with Crippen molar-refractivity contribution in [3.8, 4) is 0 Å². The second-order valence-electron chi connectivity index (χ2n) is 4.75. The van der Waals surface area contributed by atoms with Gasteiger partial charge in [0.2, 0.25) is 0 Å². The first-order chi connectivity index (χ1) is 8.26. The second-order valence-corrected chi connectivity index (χ2v) is 5.66. The summed E-state index contributed by atoms with van der Waals surface area (Å²) in [5, 5.41) is 0. The molecule has 2 N–H and O–H groups in total. The molecule has 0 saturated carbocycles. The predicted octanol–water partition coefficient (Wildman–Crippen LogP) is 3.32. The van der Waals surface area contributed by atoms with Gasteiger partial charge in [0.25, 0.3) is 0 Å². The molecule has 94 valence electrons. The largest absolute Gasteiger partial charge is 0.329 e. The molecule has 0 spiro atoms. The van der Waals surface area contributed by atoms with Crippen LogP contribution in [0.25, 0.3) is 0 Å². The van der Waals surface area contributed by atoms with E-state index < -0.39 is 0 Å². The molecule has 1 saturated heterocycles. The highest BCUT2D eigenvalue weighted by molar-refractivity contribution is 9.10. The zero-order chi connectivity index (χ0) is 12.3. The van der Waals surface area contributed by atoms with Crippen molar-refractivity contribution in [1.29, 1.82) is 0 Å². The minimum Gasteiger partial charge on any atom is -0.329 e. The Hall–Kier alpha value is -0.380. The normalized spacial score (nSPS) is 22.9. The molecule has 3 heteroatoms. The molecule has 1 aromatic rings. The molecule has 1 heterocycles. The molecule has 0 radical (unpaired) electrons. The number of hydrogen-bond acceptors (Lipinski definition) is 2. The number of halogens is 1. The van der Waals surface area contributed by atoms with Crippen LogP contribution in [0.4, 0.5) is 0 Å². The molecule has 1 aliphatic heterocycles. The summed E-state index contributed by atoms with van der Waals surface area (Å²) in [4.78, 5) is 2.59. The standard InChI is InChI=1S/C14H21BrN2/c1-2-14(11-5-7-12(15)8-6-11)17-9-3-4-13(17)10-16/h5-8,13-14H,2-4,9-10,16H2,1H3. The maximum atomic E-state index is 5.87. The molecule has 0 aliphatic carbocycles. The van der Waals surface area contributed by atoms with Gasteiger partial charge in [0.15, 0.2) is 0 Å². The highest BCUT2D eigenvalue weighted by atomic mass is 79.9. The summed E-state index contributed by atoms with van der Waals surface area (Å²) >= 11 is 3.49. The molecule has 1 fully saturated rings. The van der Waals surface area contributed by atoms with E-state index in [-0.39, 0.29) is 0 Å². The van der Waals surface area contributed by atoms with Gasteiger partial charge in [-0.1, -0.05) is 35.0 Å². The molecule has 0 aromatic heterocycles. The van der Waals surface area contributed by atoms with E-state index in [4.69, 9.17) is 5.73 Å². The van der Waals surface area contributed by atoms with Crippen LogP contribution in [0.5, 0.6) is 0 Å². The van der Waals surface area contributed by atoms with E-state index in [1.165, 1.54) is 24.9 Å². The lowest BCUT2D eigenvalue weighted by Gasteiger charge is -2.32. The lowest BCUT2D eigenvalue weighted by Crippen LogP contribution is -2.38. The van der Waals surface area contributed by atoms with E-state index in [2.05, 4.69) is 52.0 Å². The molecule has 0 bridgehead atoms. The van der Waals surface area contributed by atoms with Crippen LogP contribution < -0.4 is 5.73 Å². The van der Waals surface area contributed by atoms with E-state index in [9.17, 15) is 0 Å². The number of nitrogens with two attached hydrogens (primary N) is 1. The Morgan fingerprint density at radius 2 is 2.12 bits per heavy atom. The van der Waals surface area contributed by atoms with Crippen LogP contribution >= 0.6 is 15.9 Å². The summed E-state index contributed by atoms with van der Waals surface area (Å²) in [6, 6.07) is 9.81. The van der Waals surface area contributed by atoms with Crippen LogP contribution in [0, 0.1) is 0 Å². The van der Waals surface area contributed by atoms with Gasteiger partial charge in [0.1, 0.15) is 0 Å².